The van der Waals surface area contributed by atoms with Gasteiger partial charge in [0, 0.05) is 47.0 Å². The maximum Gasteiger partial charge on any atom is 0.252 e. The molecule has 0 fully saturated rings. The second-order valence-corrected chi connectivity index (χ2v) is 9.81. The van der Waals surface area contributed by atoms with Crippen LogP contribution in [0.1, 0.15) is 51.2 Å². The first-order chi connectivity index (χ1) is 19.2. The SMILES string of the molecule is CCC(=O)c1ccc(Cl)cc1-c1cc(=O)n([C@H](Cc2ccccc2)C(=O)Cc2ccc(C(N)=O)cc2)cc1OC. The van der Waals surface area contributed by atoms with E-state index in [0.29, 0.717) is 38.6 Å². The molecule has 2 N–H and O–H groups in total. The lowest BCUT2D eigenvalue weighted by Crippen LogP contribution is -2.32. The van der Waals surface area contributed by atoms with Crippen molar-refractivity contribution in [3.63, 3.8) is 0 Å². The van der Waals surface area contributed by atoms with Crippen LogP contribution in [0.15, 0.2) is 89.9 Å². The summed E-state index contributed by atoms with van der Waals surface area (Å²) in [7, 11) is 1.47. The summed E-state index contributed by atoms with van der Waals surface area (Å²) in [6.07, 6.45) is 2.11. The Balaban J connectivity index is 1.79. The molecule has 4 aromatic rings. The molecule has 0 aliphatic carbocycles. The Morgan fingerprint density at radius 2 is 1.62 bits per heavy atom. The van der Waals surface area contributed by atoms with Gasteiger partial charge < -0.3 is 15.0 Å². The number of pyridine rings is 1. The molecule has 0 bridgehead atoms. The van der Waals surface area contributed by atoms with E-state index in [2.05, 4.69) is 0 Å². The first kappa shape index (κ1) is 28.5. The summed E-state index contributed by atoms with van der Waals surface area (Å²) in [6, 6.07) is 21.3. The van der Waals surface area contributed by atoms with Gasteiger partial charge in [-0.3, -0.25) is 19.2 Å². The second kappa shape index (κ2) is 12.6. The van der Waals surface area contributed by atoms with Gasteiger partial charge >= 0.3 is 0 Å². The number of amides is 1. The van der Waals surface area contributed by atoms with Crippen molar-refractivity contribution in [1.82, 2.24) is 4.57 Å². The summed E-state index contributed by atoms with van der Waals surface area (Å²) in [5.41, 5.74) is 8.15. The van der Waals surface area contributed by atoms with Gasteiger partial charge in [-0.1, -0.05) is 61.0 Å². The maximum atomic E-state index is 13.7. The third-order valence-corrected chi connectivity index (χ3v) is 6.99. The van der Waals surface area contributed by atoms with Crippen molar-refractivity contribution in [1.29, 1.82) is 0 Å². The quantitative estimate of drug-likeness (QED) is 0.247. The first-order valence-corrected chi connectivity index (χ1v) is 13.2. The molecule has 1 amide bonds. The third kappa shape index (κ3) is 6.38. The van der Waals surface area contributed by atoms with Gasteiger partial charge in [0.2, 0.25) is 5.91 Å². The van der Waals surface area contributed by atoms with Gasteiger partial charge in [0.15, 0.2) is 11.6 Å². The number of ketones is 2. The van der Waals surface area contributed by atoms with Crippen molar-refractivity contribution >= 4 is 29.1 Å². The highest BCUT2D eigenvalue weighted by Gasteiger charge is 2.25. The van der Waals surface area contributed by atoms with Crippen molar-refractivity contribution in [2.45, 2.75) is 32.2 Å². The van der Waals surface area contributed by atoms with Crippen LogP contribution in [0.25, 0.3) is 11.1 Å². The number of hydrogen-bond acceptors (Lipinski definition) is 5. The van der Waals surface area contributed by atoms with E-state index in [0.717, 1.165) is 5.56 Å². The lowest BCUT2D eigenvalue weighted by Gasteiger charge is -2.22. The molecular formula is C32H29ClN2O5. The van der Waals surface area contributed by atoms with E-state index < -0.39 is 17.5 Å². The normalized spacial score (nSPS) is 11.6. The largest absolute Gasteiger partial charge is 0.495 e. The number of carbonyl (C=O) groups is 3. The number of benzene rings is 3. The summed E-state index contributed by atoms with van der Waals surface area (Å²) < 4.78 is 7.04. The number of methoxy groups -OCH3 is 1. The van der Waals surface area contributed by atoms with Gasteiger partial charge in [-0.15, -0.1) is 0 Å². The van der Waals surface area contributed by atoms with E-state index in [-0.39, 0.29) is 30.8 Å². The zero-order valence-electron chi connectivity index (χ0n) is 22.2. The van der Waals surface area contributed by atoms with Gasteiger partial charge in [0.1, 0.15) is 5.75 Å². The van der Waals surface area contributed by atoms with E-state index in [4.69, 9.17) is 22.1 Å². The molecule has 4 rings (SSSR count). The van der Waals surface area contributed by atoms with Crippen LogP contribution in [0.3, 0.4) is 0 Å². The molecule has 7 nitrogen and oxygen atoms in total. The Labute approximate surface area is 237 Å². The minimum Gasteiger partial charge on any atom is -0.495 e. The highest BCUT2D eigenvalue weighted by atomic mass is 35.5. The number of halogens is 1. The average Bonchev–Trinajstić information content (AvgIpc) is 2.96. The van der Waals surface area contributed by atoms with Crippen LogP contribution < -0.4 is 16.0 Å². The molecule has 204 valence electrons. The van der Waals surface area contributed by atoms with E-state index >= 15 is 0 Å². The molecule has 3 aromatic carbocycles. The molecule has 0 aliphatic rings. The zero-order valence-corrected chi connectivity index (χ0v) is 23.0. The highest BCUT2D eigenvalue weighted by molar-refractivity contribution is 6.31. The zero-order chi connectivity index (χ0) is 28.8. The maximum absolute atomic E-state index is 13.7. The fourth-order valence-corrected chi connectivity index (χ4v) is 4.80. The van der Waals surface area contributed by atoms with E-state index in [1.807, 2.05) is 30.3 Å². The second-order valence-electron chi connectivity index (χ2n) is 9.38. The number of ether oxygens (including phenoxy) is 1. The topological polar surface area (TPSA) is 108 Å². The highest BCUT2D eigenvalue weighted by Crippen LogP contribution is 2.34. The lowest BCUT2D eigenvalue weighted by molar-refractivity contribution is -0.121. The van der Waals surface area contributed by atoms with E-state index in [1.54, 1.807) is 49.4 Å². The molecule has 40 heavy (non-hydrogen) atoms. The van der Waals surface area contributed by atoms with Crippen LogP contribution in [0.2, 0.25) is 5.02 Å². The van der Waals surface area contributed by atoms with Crippen molar-refractivity contribution in [2.75, 3.05) is 7.11 Å². The molecule has 0 unspecified atom stereocenters. The van der Waals surface area contributed by atoms with Gasteiger partial charge in [0.05, 0.1) is 19.3 Å². The molecule has 0 spiro atoms. The Morgan fingerprint density at radius 1 is 0.925 bits per heavy atom. The number of aromatic nitrogens is 1. The Morgan fingerprint density at radius 3 is 2.25 bits per heavy atom. The minimum atomic E-state index is -0.843. The number of carbonyl (C=O) groups excluding carboxylic acids is 3. The van der Waals surface area contributed by atoms with Crippen molar-refractivity contribution in [3.8, 4) is 16.9 Å². The van der Waals surface area contributed by atoms with Gasteiger partial charge in [-0.25, -0.2) is 0 Å². The standard InChI is InChI=1S/C32H29ClN2O5/c1-3-28(36)24-14-13-23(33)17-25(24)26-18-31(38)35(19-30(26)40-2)27(15-20-7-5-4-6-8-20)29(37)16-21-9-11-22(12-10-21)32(34)39/h4-14,17-19,27H,3,15-16H2,1-2H3,(H2,34,39)/t27-/m1/s1. The Kier molecular flexibility index (Phi) is 8.97. The summed E-state index contributed by atoms with van der Waals surface area (Å²) >= 11 is 6.26. The first-order valence-electron chi connectivity index (χ1n) is 12.8. The molecule has 1 atom stereocenters. The Hall–Kier alpha value is -4.49. The van der Waals surface area contributed by atoms with Gasteiger partial charge in [-0.2, -0.15) is 0 Å². The van der Waals surface area contributed by atoms with Crippen molar-refractivity contribution < 1.29 is 19.1 Å². The smallest absolute Gasteiger partial charge is 0.252 e. The van der Waals surface area contributed by atoms with Crippen molar-refractivity contribution in [3.05, 3.63) is 123 Å². The lowest BCUT2D eigenvalue weighted by atomic mass is 9.94. The third-order valence-electron chi connectivity index (χ3n) is 6.75. The summed E-state index contributed by atoms with van der Waals surface area (Å²) in [6.45, 7) is 1.76. The summed E-state index contributed by atoms with van der Waals surface area (Å²) in [4.78, 5) is 51.4. The molecule has 1 aromatic heterocycles. The van der Waals surface area contributed by atoms with Gasteiger partial charge in [0.25, 0.3) is 5.56 Å². The van der Waals surface area contributed by atoms with Crippen LogP contribution in [0.5, 0.6) is 5.75 Å². The van der Waals surface area contributed by atoms with Crippen molar-refractivity contribution in [2.24, 2.45) is 5.73 Å². The molecule has 0 aliphatic heterocycles. The van der Waals surface area contributed by atoms with Crippen LogP contribution in [0.4, 0.5) is 0 Å². The number of hydrogen-bond donors (Lipinski definition) is 1. The fourth-order valence-electron chi connectivity index (χ4n) is 4.63. The number of nitrogens with zero attached hydrogens (tertiary/aromatic N) is 1. The number of Topliss-reactive ketones (excluding diaryl/α,β-unsaturated/α-hetero) is 2. The molecule has 1 heterocycles. The average molecular weight is 557 g/mol. The molecular weight excluding hydrogens is 528 g/mol. The molecule has 0 saturated heterocycles. The minimum absolute atomic E-state index is 0.0382. The fraction of sp³-hybridized carbons (Fsp3) is 0.188. The summed E-state index contributed by atoms with van der Waals surface area (Å²) in [5, 5.41) is 0.411. The molecule has 8 heteroatoms. The monoisotopic (exact) mass is 556 g/mol. The van der Waals surface area contributed by atoms with Crippen LogP contribution in [0, 0.1) is 0 Å². The van der Waals surface area contributed by atoms with Gasteiger partial charge in [-0.05, 0) is 47.0 Å². The van der Waals surface area contributed by atoms with Crippen LogP contribution >= 0.6 is 11.6 Å². The van der Waals surface area contributed by atoms with E-state index in [9.17, 15) is 19.2 Å². The molecule has 0 radical (unpaired) electrons. The molecule has 0 saturated carbocycles. The predicted molar refractivity (Wildman–Crippen MR) is 155 cm³/mol. The van der Waals surface area contributed by atoms with Crippen LogP contribution in [-0.4, -0.2) is 29.2 Å². The number of rotatable bonds is 11. The number of nitrogens with two attached hydrogens (primary N) is 1. The summed E-state index contributed by atoms with van der Waals surface area (Å²) in [5.74, 6) is -0.527. The van der Waals surface area contributed by atoms with Crippen LogP contribution in [-0.2, 0) is 17.6 Å². The van der Waals surface area contributed by atoms with E-state index in [1.165, 1.54) is 23.9 Å². The Bertz CT molecular complexity index is 1610. The number of primary amides is 1. The predicted octanol–water partition coefficient (Wildman–Crippen LogP) is 5.46.